The Hall–Kier alpha value is -0.200. The molecule has 0 amide bonds. The molecule has 14 heavy (non-hydrogen) atoms. The molecule has 0 unspecified atom stereocenters. The molecule has 0 N–H and O–H groups in total. The van der Waals surface area contributed by atoms with E-state index in [4.69, 9.17) is 23.2 Å². The molecule has 0 aromatic heterocycles. The van der Waals surface area contributed by atoms with Gasteiger partial charge in [0.05, 0.1) is 0 Å². The van der Waals surface area contributed by atoms with Gasteiger partial charge >= 0.3 is 0 Å². The molecule has 0 spiro atoms. The fourth-order valence-electron chi connectivity index (χ4n) is 1.51. The van der Waals surface area contributed by atoms with Gasteiger partial charge < -0.3 is 0 Å². The summed E-state index contributed by atoms with van der Waals surface area (Å²) in [6, 6.07) is 3.96. The summed E-state index contributed by atoms with van der Waals surface area (Å²) in [5.41, 5.74) is 2.29. The van der Waals surface area contributed by atoms with Gasteiger partial charge in [0, 0.05) is 10.0 Å². The van der Waals surface area contributed by atoms with Gasteiger partial charge in [-0.25, -0.2) is 0 Å². The fraction of sp³-hybridized carbons (Fsp3) is 0.500. The summed E-state index contributed by atoms with van der Waals surface area (Å²) in [7, 11) is 0. The van der Waals surface area contributed by atoms with Crippen LogP contribution in [0.5, 0.6) is 0 Å². The zero-order chi connectivity index (χ0) is 10.7. The second-order valence-corrected chi connectivity index (χ2v) is 4.74. The van der Waals surface area contributed by atoms with E-state index < -0.39 is 0 Å². The summed E-state index contributed by atoms with van der Waals surface area (Å²) in [5.74, 6) is 0.581. The van der Waals surface area contributed by atoms with E-state index in [1.807, 2.05) is 12.1 Å². The average Bonchev–Trinajstić information content (AvgIpc) is 2.12. The van der Waals surface area contributed by atoms with Gasteiger partial charge in [-0.2, -0.15) is 0 Å². The molecule has 0 aliphatic carbocycles. The molecule has 0 radical (unpaired) electrons. The van der Waals surface area contributed by atoms with Crippen molar-refractivity contribution in [2.45, 2.75) is 33.6 Å². The van der Waals surface area contributed by atoms with Crippen molar-refractivity contribution < 1.29 is 0 Å². The molecular formula is C12H16Cl2. The first-order valence-corrected chi connectivity index (χ1v) is 5.77. The van der Waals surface area contributed by atoms with Crippen LogP contribution >= 0.6 is 23.2 Å². The van der Waals surface area contributed by atoms with Gasteiger partial charge in [-0.3, -0.25) is 0 Å². The second kappa shape index (κ2) is 5.04. The lowest BCUT2D eigenvalue weighted by Gasteiger charge is -2.12. The molecule has 0 atom stereocenters. The van der Waals surface area contributed by atoms with Gasteiger partial charge in [0.1, 0.15) is 0 Å². The number of halogens is 2. The van der Waals surface area contributed by atoms with Crippen LogP contribution in [0.25, 0.3) is 0 Å². The quantitative estimate of drug-likeness (QED) is 0.703. The SMILES string of the molecule is CCc1ccc(Cl)c(CC(C)C)c1Cl. The van der Waals surface area contributed by atoms with Crippen molar-refractivity contribution in [1.29, 1.82) is 0 Å². The summed E-state index contributed by atoms with van der Waals surface area (Å²) in [6.07, 6.45) is 1.91. The van der Waals surface area contributed by atoms with Crippen molar-refractivity contribution >= 4 is 23.2 Å². The summed E-state index contributed by atoms with van der Waals surface area (Å²) in [4.78, 5) is 0. The number of hydrogen-bond donors (Lipinski definition) is 0. The van der Waals surface area contributed by atoms with Crippen LogP contribution in [0.15, 0.2) is 12.1 Å². The minimum Gasteiger partial charge on any atom is -0.0840 e. The molecule has 0 bridgehead atoms. The Morgan fingerprint density at radius 1 is 1.21 bits per heavy atom. The highest BCUT2D eigenvalue weighted by Crippen LogP contribution is 2.30. The molecular weight excluding hydrogens is 215 g/mol. The molecule has 78 valence electrons. The first-order chi connectivity index (χ1) is 6.56. The predicted octanol–water partition coefficient (Wildman–Crippen LogP) is 4.75. The van der Waals surface area contributed by atoms with Crippen molar-refractivity contribution in [3.05, 3.63) is 33.3 Å². The molecule has 2 heteroatoms. The Labute approximate surface area is 96.2 Å². The number of hydrogen-bond acceptors (Lipinski definition) is 0. The van der Waals surface area contributed by atoms with Crippen LogP contribution in [-0.2, 0) is 12.8 Å². The maximum absolute atomic E-state index is 6.27. The summed E-state index contributed by atoms with van der Waals surface area (Å²) in [6.45, 7) is 6.45. The van der Waals surface area contributed by atoms with Crippen LogP contribution < -0.4 is 0 Å². The smallest absolute Gasteiger partial charge is 0.0484 e. The van der Waals surface area contributed by atoms with E-state index >= 15 is 0 Å². The van der Waals surface area contributed by atoms with E-state index in [9.17, 15) is 0 Å². The van der Waals surface area contributed by atoms with Gasteiger partial charge in [0.25, 0.3) is 0 Å². The highest BCUT2D eigenvalue weighted by Gasteiger charge is 2.10. The van der Waals surface area contributed by atoms with Gasteiger partial charge in [-0.1, -0.05) is 50.0 Å². The van der Waals surface area contributed by atoms with Crippen molar-refractivity contribution in [2.75, 3.05) is 0 Å². The third kappa shape index (κ3) is 2.65. The molecule has 0 aliphatic rings. The number of benzene rings is 1. The predicted molar refractivity (Wildman–Crippen MR) is 64.4 cm³/mol. The molecule has 0 aliphatic heterocycles. The molecule has 1 rings (SSSR count). The Morgan fingerprint density at radius 2 is 1.86 bits per heavy atom. The van der Waals surface area contributed by atoms with Crippen LogP contribution in [0, 0.1) is 5.92 Å². The normalized spacial score (nSPS) is 11.0. The largest absolute Gasteiger partial charge is 0.0840 e. The van der Waals surface area contributed by atoms with Crippen molar-refractivity contribution in [1.82, 2.24) is 0 Å². The summed E-state index contributed by atoms with van der Waals surface area (Å²) in [5, 5.41) is 1.65. The van der Waals surface area contributed by atoms with Crippen LogP contribution in [0.2, 0.25) is 10.0 Å². The van der Waals surface area contributed by atoms with E-state index in [1.165, 1.54) is 5.56 Å². The molecule has 0 fully saturated rings. The fourth-order valence-corrected chi connectivity index (χ4v) is 2.17. The van der Waals surface area contributed by atoms with Crippen LogP contribution in [0.1, 0.15) is 31.9 Å². The molecule has 0 saturated carbocycles. The summed E-state index contributed by atoms with van der Waals surface area (Å²) >= 11 is 12.4. The van der Waals surface area contributed by atoms with E-state index in [0.29, 0.717) is 5.92 Å². The third-order valence-corrected chi connectivity index (χ3v) is 3.08. The van der Waals surface area contributed by atoms with E-state index in [2.05, 4.69) is 20.8 Å². The Morgan fingerprint density at radius 3 is 2.36 bits per heavy atom. The zero-order valence-corrected chi connectivity index (χ0v) is 10.4. The average molecular weight is 231 g/mol. The van der Waals surface area contributed by atoms with E-state index in [-0.39, 0.29) is 0 Å². The van der Waals surface area contributed by atoms with Gasteiger partial charge in [-0.05, 0) is 36.0 Å². The van der Waals surface area contributed by atoms with Crippen LogP contribution in [-0.4, -0.2) is 0 Å². The zero-order valence-electron chi connectivity index (χ0n) is 8.90. The van der Waals surface area contributed by atoms with Crippen LogP contribution in [0.4, 0.5) is 0 Å². The third-order valence-electron chi connectivity index (χ3n) is 2.26. The standard InChI is InChI=1S/C12H16Cl2/c1-4-9-5-6-11(13)10(12(9)14)7-8(2)3/h5-6,8H,4,7H2,1-3H3. The first kappa shape index (κ1) is 11.9. The van der Waals surface area contributed by atoms with Gasteiger partial charge in [0.15, 0.2) is 0 Å². The number of aryl methyl sites for hydroxylation is 1. The lowest BCUT2D eigenvalue weighted by atomic mass is 10.00. The van der Waals surface area contributed by atoms with Gasteiger partial charge in [-0.15, -0.1) is 0 Å². The van der Waals surface area contributed by atoms with Crippen LogP contribution in [0.3, 0.4) is 0 Å². The molecule has 0 heterocycles. The van der Waals surface area contributed by atoms with Crippen molar-refractivity contribution in [3.8, 4) is 0 Å². The van der Waals surface area contributed by atoms with E-state index in [1.54, 1.807) is 0 Å². The molecule has 0 nitrogen and oxygen atoms in total. The number of rotatable bonds is 3. The lowest BCUT2D eigenvalue weighted by molar-refractivity contribution is 0.647. The second-order valence-electron chi connectivity index (χ2n) is 3.95. The Bertz CT molecular complexity index is 316. The van der Waals surface area contributed by atoms with E-state index in [0.717, 1.165) is 28.5 Å². The molecule has 1 aromatic carbocycles. The minimum atomic E-state index is 0.581. The molecule has 1 aromatic rings. The maximum atomic E-state index is 6.27. The van der Waals surface area contributed by atoms with Crippen molar-refractivity contribution in [2.24, 2.45) is 5.92 Å². The highest BCUT2D eigenvalue weighted by atomic mass is 35.5. The molecule has 0 saturated heterocycles. The van der Waals surface area contributed by atoms with Crippen molar-refractivity contribution in [3.63, 3.8) is 0 Å². The first-order valence-electron chi connectivity index (χ1n) is 5.02. The Kier molecular flexibility index (Phi) is 4.28. The van der Waals surface area contributed by atoms with Gasteiger partial charge in [0.2, 0.25) is 0 Å². The topological polar surface area (TPSA) is 0 Å². The lowest BCUT2D eigenvalue weighted by Crippen LogP contribution is -1.98. The monoisotopic (exact) mass is 230 g/mol. The maximum Gasteiger partial charge on any atom is 0.0484 e. The minimum absolute atomic E-state index is 0.581. The Balaban J connectivity index is 3.11. The summed E-state index contributed by atoms with van der Waals surface area (Å²) < 4.78 is 0. The highest BCUT2D eigenvalue weighted by molar-refractivity contribution is 6.36.